The van der Waals surface area contributed by atoms with Gasteiger partial charge in [-0.25, -0.2) is 0 Å². The van der Waals surface area contributed by atoms with E-state index < -0.39 is 0 Å². The van der Waals surface area contributed by atoms with Crippen molar-refractivity contribution < 1.29 is 9.53 Å². The Bertz CT molecular complexity index is 543. The van der Waals surface area contributed by atoms with E-state index >= 15 is 0 Å². The van der Waals surface area contributed by atoms with Gasteiger partial charge in [-0.05, 0) is 37.5 Å². The van der Waals surface area contributed by atoms with Crippen LogP contribution in [0, 0.1) is 0 Å². The van der Waals surface area contributed by atoms with E-state index in [4.69, 9.17) is 4.74 Å². The molecule has 2 aliphatic rings. The molecule has 1 aromatic rings. The van der Waals surface area contributed by atoms with Crippen LogP contribution in [0.1, 0.15) is 31.4 Å². The van der Waals surface area contributed by atoms with Crippen molar-refractivity contribution in [1.29, 1.82) is 0 Å². The monoisotopic (exact) mass is 317 g/mol. The van der Waals surface area contributed by atoms with E-state index in [1.807, 2.05) is 23.1 Å². The van der Waals surface area contributed by atoms with Crippen LogP contribution in [0.25, 0.3) is 0 Å². The van der Waals surface area contributed by atoms with Crippen molar-refractivity contribution in [3.05, 3.63) is 29.8 Å². The van der Waals surface area contributed by atoms with Gasteiger partial charge in [0.2, 0.25) is 5.91 Å². The summed E-state index contributed by atoms with van der Waals surface area (Å²) >= 11 is 0. The van der Waals surface area contributed by atoms with Crippen LogP contribution in [-0.2, 0) is 4.79 Å². The number of carbonyl (C=O) groups excluding carboxylic acids is 1. The summed E-state index contributed by atoms with van der Waals surface area (Å²) in [6.07, 6.45) is 2.24. The fourth-order valence-electron chi connectivity index (χ4n) is 3.64. The number of likely N-dealkylation sites (tertiary alicyclic amines) is 1. The van der Waals surface area contributed by atoms with Crippen molar-refractivity contribution in [2.75, 3.05) is 39.8 Å². The summed E-state index contributed by atoms with van der Waals surface area (Å²) < 4.78 is 5.37. The van der Waals surface area contributed by atoms with Crippen LogP contribution in [0.3, 0.4) is 0 Å². The molecule has 1 aromatic carbocycles. The number of carbonyl (C=O) groups is 1. The highest BCUT2D eigenvalue weighted by atomic mass is 16.5. The summed E-state index contributed by atoms with van der Waals surface area (Å²) in [5, 5.41) is 3.41. The van der Waals surface area contributed by atoms with Crippen molar-refractivity contribution in [1.82, 2.24) is 15.1 Å². The third kappa shape index (κ3) is 3.51. The van der Waals surface area contributed by atoms with Gasteiger partial charge in [-0.15, -0.1) is 0 Å². The first-order valence-electron chi connectivity index (χ1n) is 8.60. The summed E-state index contributed by atoms with van der Waals surface area (Å²) in [6.45, 7) is 6.71. The smallest absolute Gasteiger partial charge is 0.244 e. The minimum Gasteiger partial charge on any atom is -0.497 e. The summed E-state index contributed by atoms with van der Waals surface area (Å²) in [6, 6.07) is 8.10. The zero-order chi connectivity index (χ0) is 16.2. The second-order valence-corrected chi connectivity index (χ2v) is 6.50. The molecule has 1 N–H and O–H groups in total. The number of nitrogens with one attached hydrogen (secondary N) is 1. The SMILES string of the molecule is COc1cccc(C(C(=O)N2CCCC2)N2CCNCC2C)c1. The molecule has 1 amide bonds. The van der Waals surface area contributed by atoms with Crippen molar-refractivity contribution >= 4 is 5.91 Å². The fourth-order valence-corrected chi connectivity index (χ4v) is 3.64. The first kappa shape index (κ1) is 16.3. The molecule has 0 aromatic heterocycles. The normalized spacial score (nSPS) is 23.7. The average molecular weight is 317 g/mol. The van der Waals surface area contributed by atoms with Crippen LogP contribution >= 0.6 is 0 Å². The van der Waals surface area contributed by atoms with Gasteiger partial charge in [0.25, 0.3) is 0 Å². The molecule has 0 spiro atoms. The predicted molar refractivity (Wildman–Crippen MR) is 90.6 cm³/mol. The van der Waals surface area contributed by atoms with Crippen LogP contribution in [0.2, 0.25) is 0 Å². The Kier molecular flexibility index (Phi) is 5.18. The van der Waals surface area contributed by atoms with Crippen LogP contribution in [0.4, 0.5) is 0 Å². The molecular formula is C18H27N3O2. The number of hydrogen-bond acceptors (Lipinski definition) is 4. The quantitative estimate of drug-likeness (QED) is 0.917. The number of ether oxygens (including phenoxy) is 1. The number of amides is 1. The highest BCUT2D eigenvalue weighted by molar-refractivity contribution is 5.83. The third-order valence-corrected chi connectivity index (χ3v) is 4.95. The minimum atomic E-state index is -0.208. The molecule has 2 heterocycles. The first-order chi connectivity index (χ1) is 11.2. The van der Waals surface area contributed by atoms with E-state index in [9.17, 15) is 4.79 Å². The lowest BCUT2D eigenvalue weighted by atomic mass is 10.0. The largest absolute Gasteiger partial charge is 0.497 e. The van der Waals surface area contributed by atoms with E-state index in [2.05, 4.69) is 23.2 Å². The van der Waals surface area contributed by atoms with Crippen molar-refractivity contribution in [3.8, 4) is 5.75 Å². The second kappa shape index (κ2) is 7.32. The third-order valence-electron chi connectivity index (χ3n) is 4.95. The van der Waals surface area contributed by atoms with Gasteiger partial charge in [0, 0.05) is 38.8 Å². The van der Waals surface area contributed by atoms with E-state index in [1.165, 1.54) is 0 Å². The van der Waals surface area contributed by atoms with Crippen LogP contribution in [-0.4, -0.2) is 61.6 Å². The molecule has 0 bridgehead atoms. The lowest BCUT2D eigenvalue weighted by Crippen LogP contribution is -2.54. The topological polar surface area (TPSA) is 44.8 Å². The number of methoxy groups -OCH3 is 1. The molecule has 0 radical (unpaired) electrons. The molecule has 0 saturated carbocycles. The second-order valence-electron chi connectivity index (χ2n) is 6.50. The Labute approximate surface area is 138 Å². The van der Waals surface area contributed by atoms with E-state index in [-0.39, 0.29) is 11.9 Å². The maximum Gasteiger partial charge on any atom is 0.244 e. The van der Waals surface area contributed by atoms with Crippen molar-refractivity contribution in [3.63, 3.8) is 0 Å². The molecule has 5 heteroatoms. The van der Waals surface area contributed by atoms with Gasteiger partial charge in [-0.1, -0.05) is 12.1 Å². The van der Waals surface area contributed by atoms with Gasteiger partial charge in [-0.3, -0.25) is 9.69 Å². The maximum atomic E-state index is 13.2. The highest BCUT2D eigenvalue weighted by Gasteiger charge is 2.35. The summed E-state index contributed by atoms with van der Waals surface area (Å²) in [4.78, 5) is 17.6. The first-order valence-corrected chi connectivity index (χ1v) is 8.60. The minimum absolute atomic E-state index is 0.208. The molecular weight excluding hydrogens is 290 g/mol. The maximum absolute atomic E-state index is 13.2. The van der Waals surface area contributed by atoms with Crippen molar-refractivity contribution in [2.24, 2.45) is 0 Å². The van der Waals surface area contributed by atoms with Gasteiger partial charge in [0.1, 0.15) is 11.8 Å². The Morgan fingerprint density at radius 1 is 1.30 bits per heavy atom. The van der Waals surface area contributed by atoms with Gasteiger partial charge < -0.3 is 15.0 Å². The highest BCUT2D eigenvalue weighted by Crippen LogP contribution is 2.29. The summed E-state index contributed by atoms with van der Waals surface area (Å²) in [7, 11) is 1.67. The lowest BCUT2D eigenvalue weighted by Gasteiger charge is -2.40. The molecule has 2 atom stereocenters. The van der Waals surface area contributed by atoms with E-state index in [1.54, 1.807) is 7.11 Å². The molecule has 23 heavy (non-hydrogen) atoms. The Morgan fingerprint density at radius 3 is 2.78 bits per heavy atom. The van der Waals surface area contributed by atoms with Gasteiger partial charge >= 0.3 is 0 Å². The molecule has 2 unspecified atom stereocenters. The summed E-state index contributed by atoms with van der Waals surface area (Å²) in [5.41, 5.74) is 1.04. The molecule has 126 valence electrons. The van der Waals surface area contributed by atoms with Gasteiger partial charge in [-0.2, -0.15) is 0 Å². The van der Waals surface area contributed by atoms with Crippen LogP contribution in [0.15, 0.2) is 24.3 Å². The molecule has 5 nitrogen and oxygen atoms in total. The van der Waals surface area contributed by atoms with E-state index in [0.29, 0.717) is 6.04 Å². The molecule has 0 aliphatic carbocycles. The molecule has 2 aliphatic heterocycles. The average Bonchev–Trinajstić information content (AvgIpc) is 3.11. The van der Waals surface area contributed by atoms with Crippen molar-refractivity contribution in [2.45, 2.75) is 31.8 Å². The Hall–Kier alpha value is -1.59. The number of hydrogen-bond donors (Lipinski definition) is 1. The number of piperazine rings is 1. The predicted octanol–water partition coefficient (Wildman–Crippen LogP) is 1.65. The Balaban J connectivity index is 1.92. The number of rotatable bonds is 4. The standard InChI is InChI=1S/C18H27N3O2/c1-14-13-19-8-11-21(14)17(18(22)20-9-3-4-10-20)15-6-5-7-16(12-15)23-2/h5-7,12,14,17,19H,3-4,8-11,13H2,1-2H3. The van der Waals surface area contributed by atoms with Crippen LogP contribution < -0.4 is 10.1 Å². The Morgan fingerprint density at radius 2 is 2.09 bits per heavy atom. The summed E-state index contributed by atoms with van der Waals surface area (Å²) in [5.74, 6) is 1.05. The zero-order valence-electron chi connectivity index (χ0n) is 14.1. The molecule has 3 rings (SSSR count). The van der Waals surface area contributed by atoms with Gasteiger partial charge in [0.05, 0.1) is 7.11 Å². The lowest BCUT2D eigenvalue weighted by molar-refractivity contribution is -0.137. The zero-order valence-corrected chi connectivity index (χ0v) is 14.1. The molecule has 2 saturated heterocycles. The van der Waals surface area contributed by atoms with Crippen LogP contribution in [0.5, 0.6) is 5.75 Å². The molecule has 2 fully saturated rings. The number of nitrogens with zero attached hydrogens (tertiary/aromatic N) is 2. The number of benzene rings is 1. The fraction of sp³-hybridized carbons (Fsp3) is 0.611. The van der Waals surface area contributed by atoms with E-state index in [0.717, 1.165) is 56.9 Å². The van der Waals surface area contributed by atoms with Gasteiger partial charge in [0.15, 0.2) is 0 Å².